The summed E-state index contributed by atoms with van der Waals surface area (Å²) in [6.07, 6.45) is 0.0565. The van der Waals surface area contributed by atoms with Crippen LogP contribution in [0, 0.1) is 0 Å². The number of carbonyl (C=O) groups is 1. The molecule has 2 atom stereocenters. The summed E-state index contributed by atoms with van der Waals surface area (Å²) in [5.41, 5.74) is 2.83. The normalized spacial score (nSPS) is 23.8. The van der Waals surface area contributed by atoms with E-state index < -0.39 is 0 Å². The number of nitrogens with two attached hydrogens (primary N) is 1. The second-order valence-electron chi connectivity index (χ2n) is 4.50. The molecular weight excluding hydrogens is 232 g/mol. The molecule has 1 aromatic heterocycles. The zero-order valence-corrected chi connectivity index (χ0v) is 10.6. The summed E-state index contributed by atoms with van der Waals surface area (Å²) in [6, 6.07) is 5.22. The Kier molecular flexibility index (Phi) is 3.78. The topological polar surface area (TPSA) is 80.5 Å². The van der Waals surface area contributed by atoms with Crippen LogP contribution in [0.25, 0.3) is 0 Å². The molecule has 1 aliphatic heterocycles. The third kappa shape index (κ3) is 2.60. The summed E-state index contributed by atoms with van der Waals surface area (Å²) in [5.74, 6) is 5.68. The number of nitrogen functional groups attached to an aromatic ring is 1. The molecule has 0 aromatic carbocycles. The Labute approximate surface area is 106 Å². The van der Waals surface area contributed by atoms with Crippen LogP contribution >= 0.6 is 0 Å². The highest BCUT2D eigenvalue weighted by molar-refractivity contribution is 5.93. The number of ether oxygens (including phenoxy) is 1. The monoisotopic (exact) mass is 250 g/mol. The molecule has 2 rings (SSSR count). The molecule has 0 aliphatic carbocycles. The molecule has 1 saturated heterocycles. The maximum absolute atomic E-state index is 12.4. The van der Waals surface area contributed by atoms with E-state index in [1.165, 1.54) is 0 Å². The number of aromatic nitrogens is 1. The van der Waals surface area contributed by atoms with Crippen molar-refractivity contribution in [2.24, 2.45) is 5.84 Å². The summed E-state index contributed by atoms with van der Waals surface area (Å²) in [7, 11) is 0. The Balaban J connectivity index is 2.18. The highest BCUT2D eigenvalue weighted by Gasteiger charge is 2.28. The molecule has 98 valence electrons. The average molecular weight is 250 g/mol. The SMILES string of the molecule is CC1CN(C(=O)c2cccc(NN)n2)C(C)CO1. The molecule has 0 radical (unpaired) electrons. The molecule has 3 N–H and O–H groups in total. The van der Waals surface area contributed by atoms with E-state index in [0.717, 1.165) is 0 Å². The van der Waals surface area contributed by atoms with Gasteiger partial charge in [-0.25, -0.2) is 10.8 Å². The van der Waals surface area contributed by atoms with E-state index in [1.54, 1.807) is 23.1 Å². The second kappa shape index (κ2) is 5.32. The Morgan fingerprint density at radius 3 is 3.06 bits per heavy atom. The number of amides is 1. The average Bonchev–Trinajstić information content (AvgIpc) is 2.41. The molecule has 1 aliphatic rings. The fourth-order valence-corrected chi connectivity index (χ4v) is 1.97. The van der Waals surface area contributed by atoms with E-state index >= 15 is 0 Å². The third-order valence-electron chi connectivity index (χ3n) is 2.98. The first-order valence-electron chi connectivity index (χ1n) is 5.98. The Morgan fingerprint density at radius 1 is 1.56 bits per heavy atom. The number of hydrazine groups is 1. The van der Waals surface area contributed by atoms with Gasteiger partial charge in [0.05, 0.1) is 18.8 Å². The van der Waals surface area contributed by atoms with Crippen molar-refractivity contribution >= 4 is 11.7 Å². The van der Waals surface area contributed by atoms with E-state index in [2.05, 4.69) is 10.4 Å². The first-order valence-corrected chi connectivity index (χ1v) is 5.98. The highest BCUT2D eigenvalue weighted by Crippen LogP contribution is 2.15. The summed E-state index contributed by atoms with van der Waals surface area (Å²) in [4.78, 5) is 18.3. The van der Waals surface area contributed by atoms with Crippen molar-refractivity contribution < 1.29 is 9.53 Å². The fraction of sp³-hybridized carbons (Fsp3) is 0.500. The van der Waals surface area contributed by atoms with Gasteiger partial charge in [-0.15, -0.1) is 0 Å². The summed E-state index contributed by atoms with van der Waals surface area (Å²) < 4.78 is 5.50. The molecule has 1 amide bonds. The van der Waals surface area contributed by atoms with Crippen molar-refractivity contribution in [2.75, 3.05) is 18.6 Å². The van der Waals surface area contributed by atoms with E-state index in [1.807, 2.05) is 13.8 Å². The summed E-state index contributed by atoms with van der Waals surface area (Å²) >= 11 is 0. The van der Waals surface area contributed by atoms with Crippen molar-refractivity contribution in [3.05, 3.63) is 23.9 Å². The smallest absolute Gasteiger partial charge is 0.272 e. The van der Waals surface area contributed by atoms with Gasteiger partial charge in [0, 0.05) is 6.54 Å². The van der Waals surface area contributed by atoms with Crippen molar-refractivity contribution in [1.82, 2.24) is 9.88 Å². The van der Waals surface area contributed by atoms with Crippen molar-refractivity contribution in [2.45, 2.75) is 26.0 Å². The predicted octanol–water partition coefficient (Wildman–Crippen LogP) is 0.617. The third-order valence-corrected chi connectivity index (χ3v) is 2.98. The van der Waals surface area contributed by atoms with Crippen molar-refractivity contribution in [3.63, 3.8) is 0 Å². The standard InChI is InChI=1S/C12H18N4O2/c1-8-7-18-9(2)6-16(8)12(17)10-4-3-5-11(14-10)15-13/h3-5,8-9H,6-7,13H2,1-2H3,(H,14,15). The highest BCUT2D eigenvalue weighted by atomic mass is 16.5. The first kappa shape index (κ1) is 12.8. The molecule has 2 heterocycles. The van der Waals surface area contributed by atoms with E-state index in [0.29, 0.717) is 24.7 Å². The van der Waals surface area contributed by atoms with Crippen LogP contribution in [0.1, 0.15) is 24.3 Å². The number of hydrogen-bond acceptors (Lipinski definition) is 5. The van der Waals surface area contributed by atoms with Crippen LogP contribution in [0.4, 0.5) is 5.82 Å². The lowest BCUT2D eigenvalue weighted by molar-refractivity contribution is -0.0388. The number of hydrogen-bond donors (Lipinski definition) is 2. The van der Waals surface area contributed by atoms with Gasteiger partial charge in [-0.05, 0) is 26.0 Å². The number of pyridine rings is 1. The Hall–Kier alpha value is -1.66. The number of nitrogens with one attached hydrogen (secondary N) is 1. The van der Waals surface area contributed by atoms with Crippen molar-refractivity contribution in [3.8, 4) is 0 Å². The molecule has 1 aromatic rings. The van der Waals surface area contributed by atoms with Crippen LogP contribution in [0.3, 0.4) is 0 Å². The summed E-state index contributed by atoms with van der Waals surface area (Å²) in [6.45, 7) is 5.07. The molecule has 2 unspecified atom stereocenters. The Morgan fingerprint density at radius 2 is 2.33 bits per heavy atom. The largest absolute Gasteiger partial charge is 0.375 e. The van der Waals surface area contributed by atoms with E-state index in [4.69, 9.17) is 10.6 Å². The molecule has 6 nitrogen and oxygen atoms in total. The minimum absolute atomic E-state index is 0.0565. The van der Waals surface area contributed by atoms with Crippen LogP contribution in [0.5, 0.6) is 0 Å². The van der Waals surface area contributed by atoms with Gasteiger partial charge >= 0.3 is 0 Å². The molecule has 0 saturated carbocycles. The van der Waals surface area contributed by atoms with Crippen LogP contribution in [-0.4, -0.2) is 41.1 Å². The van der Waals surface area contributed by atoms with Gasteiger partial charge in [-0.3, -0.25) is 4.79 Å². The molecule has 18 heavy (non-hydrogen) atoms. The van der Waals surface area contributed by atoms with Gasteiger partial charge in [0.2, 0.25) is 0 Å². The van der Waals surface area contributed by atoms with Gasteiger partial charge in [-0.1, -0.05) is 6.07 Å². The lowest BCUT2D eigenvalue weighted by Gasteiger charge is -2.36. The van der Waals surface area contributed by atoms with Gasteiger partial charge in [0.15, 0.2) is 0 Å². The van der Waals surface area contributed by atoms with Crippen LogP contribution < -0.4 is 11.3 Å². The maximum Gasteiger partial charge on any atom is 0.272 e. The number of rotatable bonds is 2. The molecule has 0 bridgehead atoms. The minimum Gasteiger partial charge on any atom is -0.375 e. The van der Waals surface area contributed by atoms with Crippen LogP contribution in [0.2, 0.25) is 0 Å². The zero-order chi connectivity index (χ0) is 13.1. The molecule has 1 fully saturated rings. The number of nitrogens with zero attached hydrogens (tertiary/aromatic N) is 2. The molecular formula is C12H18N4O2. The van der Waals surface area contributed by atoms with Crippen LogP contribution in [0.15, 0.2) is 18.2 Å². The number of anilines is 1. The first-order chi connectivity index (χ1) is 8.61. The van der Waals surface area contributed by atoms with Gasteiger partial charge in [0.1, 0.15) is 11.5 Å². The Bertz CT molecular complexity index is 438. The quantitative estimate of drug-likeness (QED) is 0.594. The maximum atomic E-state index is 12.4. The lowest BCUT2D eigenvalue weighted by Crippen LogP contribution is -2.50. The molecule has 0 spiro atoms. The van der Waals surface area contributed by atoms with Gasteiger partial charge in [-0.2, -0.15) is 0 Å². The van der Waals surface area contributed by atoms with Crippen LogP contribution in [-0.2, 0) is 4.74 Å². The second-order valence-corrected chi connectivity index (χ2v) is 4.50. The van der Waals surface area contributed by atoms with E-state index in [-0.39, 0.29) is 18.1 Å². The number of carbonyl (C=O) groups excluding carboxylic acids is 1. The van der Waals surface area contributed by atoms with Gasteiger partial charge in [0.25, 0.3) is 5.91 Å². The molecule has 6 heteroatoms. The fourth-order valence-electron chi connectivity index (χ4n) is 1.97. The zero-order valence-electron chi connectivity index (χ0n) is 10.6. The number of morpholine rings is 1. The van der Waals surface area contributed by atoms with Crippen molar-refractivity contribution in [1.29, 1.82) is 0 Å². The summed E-state index contributed by atoms with van der Waals surface area (Å²) in [5, 5.41) is 0. The van der Waals surface area contributed by atoms with Gasteiger partial charge < -0.3 is 15.1 Å². The minimum atomic E-state index is -0.0882. The predicted molar refractivity (Wildman–Crippen MR) is 68.0 cm³/mol. The lowest BCUT2D eigenvalue weighted by atomic mass is 10.2. The van der Waals surface area contributed by atoms with E-state index in [9.17, 15) is 4.79 Å².